The molecule has 0 saturated heterocycles. The molecule has 0 aromatic heterocycles. The lowest BCUT2D eigenvalue weighted by atomic mass is 9.88. The summed E-state index contributed by atoms with van der Waals surface area (Å²) in [4.78, 5) is 0. The maximum atomic E-state index is 14.2. The first-order chi connectivity index (χ1) is 14.3. The monoisotopic (exact) mass is 429 g/mol. The Labute approximate surface area is 174 Å². The highest BCUT2D eigenvalue weighted by Crippen LogP contribution is 2.49. The van der Waals surface area contributed by atoms with Gasteiger partial charge in [0.15, 0.2) is 0 Å². The summed E-state index contributed by atoms with van der Waals surface area (Å²) >= 11 is 0. The fourth-order valence-corrected chi connectivity index (χ4v) is 4.36. The molecular formula is C22H20FNO5S. The summed E-state index contributed by atoms with van der Waals surface area (Å²) in [6, 6.07) is 15.0. The van der Waals surface area contributed by atoms with Gasteiger partial charge in [0.1, 0.15) is 29.2 Å². The Morgan fingerprint density at radius 3 is 2.57 bits per heavy atom. The molecule has 0 saturated carbocycles. The maximum absolute atomic E-state index is 14.2. The van der Waals surface area contributed by atoms with E-state index in [-0.39, 0.29) is 5.75 Å². The van der Waals surface area contributed by atoms with Crippen LogP contribution >= 0.6 is 0 Å². The maximum Gasteiger partial charge on any atom is 0.213 e. The van der Waals surface area contributed by atoms with Crippen molar-refractivity contribution in [3.8, 4) is 28.4 Å². The van der Waals surface area contributed by atoms with Crippen LogP contribution in [0.3, 0.4) is 0 Å². The van der Waals surface area contributed by atoms with Gasteiger partial charge in [-0.25, -0.2) is 17.9 Å². The summed E-state index contributed by atoms with van der Waals surface area (Å²) in [5, 5.41) is 5.22. The van der Waals surface area contributed by atoms with Gasteiger partial charge in [0.25, 0.3) is 0 Å². The van der Waals surface area contributed by atoms with Crippen LogP contribution in [0.2, 0.25) is 0 Å². The predicted molar refractivity (Wildman–Crippen MR) is 111 cm³/mol. The van der Waals surface area contributed by atoms with Crippen LogP contribution in [-0.2, 0) is 15.8 Å². The molecule has 2 N–H and O–H groups in total. The first-order valence-electron chi connectivity index (χ1n) is 9.11. The van der Waals surface area contributed by atoms with Crippen molar-refractivity contribution < 1.29 is 27.0 Å². The van der Waals surface area contributed by atoms with E-state index in [2.05, 4.69) is 0 Å². The van der Waals surface area contributed by atoms with Crippen molar-refractivity contribution in [2.75, 3.05) is 14.2 Å². The van der Waals surface area contributed by atoms with Gasteiger partial charge in [-0.05, 0) is 35.4 Å². The highest BCUT2D eigenvalue weighted by Gasteiger charge is 2.30. The minimum absolute atomic E-state index is 0.321. The third-order valence-electron chi connectivity index (χ3n) is 4.92. The summed E-state index contributed by atoms with van der Waals surface area (Å²) in [6.45, 7) is 0. The third-order valence-corrected chi connectivity index (χ3v) is 5.66. The summed E-state index contributed by atoms with van der Waals surface area (Å²) in [7, 11) is -0.701. The summed E-state index contributed by atoms with van der Waals surface area (Å²) < 4.78 is 54.4. The standard InChI is InChI=1S/C22H20FNO5S/c1-27-16-10-14(9-15(23)11-16)22-18-8-13(12-30(24,25)26)6-7-17(18)21-19(28-2)4-3-5-20(21)29-22/h3-11,22H,12H2,1-2H3,(H2,24,25,26). The smallest absolute Gasteiger partial charge is 0.213 e. The fourth-order valence-electron chi connectivity index (χ4n) is 3.72. The minimum Gasteiger partial charge on any atom is -0.497 e. The lowest BCUT2D eigenvalue weighted by Gasteiger charge is -2.30. The Hall–Kier alpha value is -3.10. The van der Waals surface area contributed by atoms with E-state index in [1.54, 1.807) is 31.4 Å². The highest BCUT2D eigenvalue weighted by molar-refractivity contribution is 7.88. The van der Waals surface area contributed by atoms with Gasteiger partial charge in [-0.1, -0.05) is 24.3 Å². The van der Waals surface area contributed by atoms with Crippen LogP contribution in [0.1, 0.15) is 22.8 Å². The number of hydrogen-bond donors (Lipinski definition) is 1. The quantitative estimate of drug-likeness (QED) is 0.667. The van der Waals surface area contributed by atoms with Crippen molar-refractivity contribution in [3.63, 3.8) is 0 Å². The first kappa shape index (κ1) is 20.2. The Kier molecular flexibility index (Phi) is 5.13. The number of fused-ring (bicyclic) bond motifs is 3. The molecule has 30 heavy (non-hydrogen) atoms. The molecule has 0 fully saturated rings. The molecule has 1 aliphatic heterocycles. The van der Waals surface area contributed by atoms with Gasteiger partial charge in [-0.3, -0.25) is 0 Å². The molecule has 156 valence electrons. The SMILES string of the molecule is COc1cc(F)cc(C2Oc3cccc(OC)c3-c3ccc(CS(N)(=O)=O)cc32)c1. The van der Waals surface area contributed by atoms with Gasteiger partial charge in [0.2, 0.25) is 10.0 Å². The Balaban J connectivity index is 1.94. The van der Waals surface area contributed by atoms with E-state index in [4.69, 9.17) is 19.3 Å². The van der Waals surface area contributed by atoms with Crippen LogP contribution in [0.25, 0.3) is 11.1 Å². The van der Waals surface area contributed by atoms with Crippen LogP contribution in [-0.4, -0.2) is 22.6 Å². The highest BCUT2D eigenvalue weighted by atomic mass is 32.2. The number of primary sulfonamides is 1. The van der Waals surface area contributed by atoms with Gasteiger partial charge >= 0.3 is 0 Å². The number of rotatable bonds is 5. The summed E-state index contributed by atoms with van der Waals surface area (Å²) in [5.41, 5.74) is 3.28. The number of hydrogen-bond acceptors (Lipinski definition) is 5. The van der Waals surface area contributed by atoms with Crippen molar-refractivity contribution in [3.05, 3.63) is 77.1 Å². The number of ether oxygens (including phenoxy) is 3. The van der Waals surface area contributed by atoms with Crippen LogP contribution in [0, 0.1) is 5.82 Å². The van der Waals surface area contributed by atoms with Gasteiger partial charge < -0.3 is 14.2 Å². The zero-order valence-electron chi connectivity index (χ0n) is 16.4. The van der Waals surface area contributed by atoms with Crippen molar-refractivity contribution in [1.82, 2.24) is 0 Å². The van der Waals surface area contributed by atoms with Gasteiger partial charge in [0, 0.05) is 17.2 Å². The molecule has 3 aromatic carbocycles. The van der Waals surface area contributed by atoms with Gasteiger partial charge in [-0.2, -0.15) is 0 Å². The summed E-state index contributed by atoms with van der Waals surface area (Å²) in [5.74, 6) is 0.759. The number of nitrogens with two attached hydrogens (primary N) is 1. The largest absolute Gasteiger partial charge is 0.497 e. The molecule has 0 spiro atoms. The van der Waals surface area contributed by atoms with Gasteiger partial charge in [0.05, 0.1) is 25.5 Å². The fraction of sp³-hybridized carbons (Fsp3) is 0.182. The molecule has 1 unspecified atom stereocenters. The zero-order chi connectivity index (χ0) is 21.5. The molecule has 1 aliphatic rings. The Morgan fingerprint density at radius 1 is 1.07 bits per heavy atom. The second-order valence-electron chi connectivity index (χ2n) is 6.98. The minimum atomic E-state index is -3.72. The van der Waals surface area contributed by atoms with Crippen molar-refractivity contribution in [1.29, 1.82) is 0 Å². The number of methoxy groups -OCH3 is 2. The zero-order valence-corrected chi connectivity index (χ0v) is 17.2. The number of benzene rings is 3. The van der Waals surface area contributed by atoms with Crippen LogP contribution < -0.4 is 19.3 Å². The first-order valence-corrected chi connectivity index (χ1v) is 10.8. The lowest BCUT2D eigenvalue weighted by molar-refractivity contribution is 0.241. The molecular weight excluding hydrogens is 409 g/mol. The topological polar surface area (TPSA) is 87.8 Å². The molecule has 1 heterocycles. The molecule has 3 aromatic rings. The van der Waals surface area contributed by atoms with Crippen LogP contribution in [0.15, 0.2) is 54.6 Å². The van der Waals surface area contributed by atoms with Crippen molar-refractivity contribution >= 4 is 10.0 Å². The Morgan fingerprint density at radius 2 is 1.87 bits per heavy atom. The van der Waals surface area contributed by atoms with Crippen LogP contribution in [0.5, 0.6) is 17.2 Å². The molecule has 8 heteroatoms. The van der Waals surface area contributed by atoms with E-state index in [0.717, 1.165) is 11.1 Å². The predicted octanol–water partition coefficient (Wildman–Crippen LogP) is 3.78. The van der Waals surface area contributed by atoms with E-state index in [0.29, 0.717) is 33.9 Å². The van der Waals surface area contributed by atoms with E-state index in [1.807, 2.05) is 18.2 Å². The molecule has 0 bridgehead atoms. The average molecular weight is 429 g/mol. The number of sulfonamides is 1. The summed E-state index contributed by atoms with van der Waals surface area (Å²) in [6.07, 6.45) is -0.676. The van der Waals surface area contributed by atoms with E-state index in [1.165, 1.54) is 19.2 Å². The lowest BCUT2D eigenvalue weighted by Crippen LogP contribution is -2.18. The van der Waals surface area contributed by atoms with E-state index < -0.39 is 21.9 Å². The second kappa shape index (κ2) is 7.62. The van der Waals surface area contributed by atoms with Gasteiger partial charge in [-0.15, -0.1) is 0 Å². The Bertz CT molecular complexity index is 1230. The molecule has 1 atom stereocenters. The molecule has 0 radical (unpaired) electrons. The number of halogens is 1. The average Bonchev–Trinajstić information content (AvgIpc) is 2.70. The van der Waals surface area contributed by atoms with E-state index in [9.17, 15) is 12.8 Å². The third kappa shape index (κ3) is 3.83. The van der Waals surface area contributed by atoms with Crippen LogP contribution in [0.4, 0.5) is 4.39 Å². The van der Waals surface area contributed by atoms with E-state index >= 15 is 0 Å². The molecule has 6 nitrogen and oxygen atoms in total. The van der Waals surface area contributed by atoms with Crippen molar-refractivity contribution in [2.45, 2.75) is 11.9 Å². The second-order valence-corrected chi connectivity index (χ2v) is 8.60. The molecule has 0 aliphatic carbocycles. The molecule has 0 amide bonds. The van der Waals surface area contributed by atoms with Crippen molar-refractivity contribution in [2.24, 2.45) is 5.14 Å². The molecule has 4 rings (SSSR count). The normalized spacial score (nSPS) is 15.0.